The highest BCUT2D eigenvalue weighted by Gasteiger charge is 2.09. The summed E-state index contributed by atoms with van der Waals surface area (Å²) in [4.78, 5) is 0. The molecule has 0 radical (unpaired) electrons. The van der Waals surface area contributed by atoms with Crippen LogP contribution in [0.25, 0.3) is 0 Å². The van der Waals surface area contributed by atoms with E-state index in [0.717, 1.165) is 23.9 Å². The average Bonchev–Trinajstić information content (AvgIpc) is 2.53. The van der Waals surface area contributed by atoms with Crippen molar-refractivity contribution in [3.63, 3.8) is 0 Å². The summed E-state index contributed by atoms with van der Waals surface area (Å²) in [6, 6.07) is 3.93. The van der Waals surface area contributed by atoms with Crippen molar-refractivity contribution in [1.82, 2.24) is 0 Å². The Balaban J connectivity index is 0.000000325. The molecule has 0 fully saturated rings. The highest BCUT2D eigenvalue weighted by atomic mass is 32.3. The summed E-state index contributed by atoms with van der Waals surface area (Å²) in [5.74, 6) is 1.05. The van der Waals surface area contributed by atoms with Crippen molar-refractivity contribution in [2.75, 3.05) is 28.3 Å². The Morgan fingerprint density at radius 3 is 2.19 bits per heavy atom. The Bertz CT molecular complexity index is 377. The van der Waals surface area contributed by atoms with Gasteiger partial charge in [-0.1, -0.05) is 0 Å². The highest BCUT2D eigenvalue weighted by molar-refractivity contribution is 7.80. The van der Waals surface area contributed by atoms with Crippen LogP contribution in [0.2, 0.25) is 0 Å². The number of quaternary nitrogens is 1. The number of furan rings is 1. The minimum Gasteiger partial charge on any atom is -0.463 e. The second-order valence-corrected chi connectivity index (χ2v) is 5.31. The lowest BCUT2D eigenvalue weighted by Gasteiger charge is -2.21. The Kier molecular flexibility index (Phi) is 5.66. The number of rotatable bonds is 3. The molecule has 0 aromatic carbocycles. The summed E-state index contributed by atoms with van der Waals surface area (Å²) in [7, 11) is 3.13. The van der Waals surface area contributed by atoms with Gasteiger partial charge in [-0.2, -0.15) is 8.42 Å². The van der Waals surface area contributed by atoms with Crippen LogP contribution in [0.4, 0.5) is 0 Å². The van der Waals surface area contributed by atoms with E-state index in [0.29, 0.717) is 0 Å². The van der Waals surface area contributed by atoms with Gasteiger partial charge in [0, 0.05) is 0 Å². The minimum atomic E-state index is -4.16. The number of hydrogen-bond donors (Lipinski definition) is 1. The Morgan fingerprint density at radius 2 is 1.94 bits per heavy atom. The van der Waals surface area contributed by atoms with Crippen molar-refractivity contribution < 1.29 is 26.1 Å². The predicted octanol–water partition coefficient (Wildman–Crippen LogP) is 0.921. The van der Waals surface area contributed by atoms with E-state index in [2.05, 4.69) is 25.3 Å². The van der Waals surface area contributed by atoms with Gasteiger partial charge in [0.2, 0.25) is 0 Å². The second-order valence-electron chi connectivity index (χ2n) is 4.12. The van der Waals surface area contributed by atoms with E-state index in [-0.39, 0.29) is 0 Å². The van der Waals surface area contributed by atoms with E-state index < -0.39 is 10.4 Å². The average molecular weight is 252 g/mol. The summed E-state index contributed by atoms with van der Waals surface area (Å²) in [6.07, 6.45) is 1.71. The van der Waals surface area contributed by atoms with Gasteiger partial charge in [0.1, 0.15) is 6.54 Å². The molecule has 0 amide bonds. The molecule has 0 bridgehead atoms. The van der Waals surface area contributed by atoms with E-state index in [4.69, 9.17) is 8.97 Å². The van der Waals surface area contributed by atoms with Crippen LogP contribution in [0, 0.1) is 0 Å². The first-order valence-corrected chi connectivity index (χ1v) is 5.86. The van der Waals surface area contributed by atoms with Gasteiger partial charge in [0.25, 0.3) is 0 Å². The third kappa shape index (κ3) is 9.66. The molecule has 1 N–H and O–H groups in total. The van der Waals surface area contributed by atoms with Gasteiger partial charge in [0.05, 0.1) is 34.5 Å². The molecule has 6 nitrogen and oxygen atoms in total. The van der Waals surface area contributed by atoms with Gasteiger partial charge in [-0.25, -0.2) is 0 Å². The molecule has 0 aliphatic heterocycles. The maximum absolute atomic E-state index is 9.33. The first-order valence-electron chi connectivity index (χ1n) is 4.50. The van der Waals surface area contributed by atoms with Gasteiger partial charge in [-0.3, -0.25) is 8.74 Å². The lowest BCUT2D eigenvalue weighted by molar-refractivity contribution is -0.884. The highest BCUT2D eigenvalue weighted by Crippen LogP contribution is 2.06. The lowest BCUT2D eigenvalue weighted by Crippen LogP contribution is -2.33. The van der Waals surface area contributed by atoms with Crippen LogP contribution >= 0.6 is 0 Å². The molecular weight excluding hydrogens is 234 g/mol. The fourth-order valence-corrected chi connectivity index (χ4v) is 0.870. The van der Waals surface area contributed by atoms with E-state index >= 15 is 0 Å². The fourth-order valence-electron chi connectivity index (χ4n) is 0.870. The van der Waals surface area contributed by atoms with Crippen LogP contribution in [0.1, 0.15) is 5.76 Å². The van der Waals surface area contributed by atoms with Crippen LogP contribution < -0.4 is 0 Å². The van der Waals surface area contributed by atoms with Gasteiger partial charge in [0.15, 0.2) is 5.76 Å². The third-order valence-corrected chi connectivity index (χ3v) is 1.84. The molecule has 0 saturated carbocycles. The SMILES string of the molecule is COS(=O)(=O)O.C[N+](C)(C)Cc1ccco1. The standard InChI is InChI=1S/C8H14NO.CH4O4S/c1-9(2,3)7-8-5-4-6-10-8;1-5-6(2,3)4/h4-6H,7H2,1-3H3;1H3,(H,2,3,4)/q+1;. The molecule has 1 aromatic rings. The van der Waals surface area contributed by atoms with Crippen molar-refractivity contribution in [2.24, 2.45) is 0 Å². The lowest BCUT2D eigenvalue weighted by atomic mass is 10.4. The predicted molar refractivity (Wildman–Crippen MR) is 59.0 cm³/mol. The zero-order chi connectivity index (χ0) is 12.8. The first kappa shape index (κ1) is 15.1. The molecule has 0 spiro atoms. The quantitative estimate of drug-likeness (QED) is 0.639. The Labute approximate surface area is 96.0 Å². The van der Waals surface area contributed by atoms with Gasteiger partial charge >= 0.3 is 10.4 Å². The molecular formula is C9H18NO5S+. The van der Waals surface area contributed by atoms with Crippen LogP contribution in [0.3, 0.4) is 0 Å². The van der Waals surface area contributed by atoms with Gasteiger partial charge < -0.3 is 8.90 Å². The van der Waals surface area contributed by atoms with Crippen molar-refractivity contribution in [2.45, 2.75) is 6.54 Å². The van der Waals surface area contributed by atoms with Crippen molar-refractivity contribution in [3.8, 4) is 0 Å². The third-order valence-electron chi connectivity index (χ3n) is 1.42. The van der Waals surface area contributed by atoms with Gasteiger partial charge in [-0.15, -0.1) is 0 Å². The summed E-state index contributed by atoms with van der Waals surface area (Å²) in [5.41, 5.74) is 0. The minimum absolute atomic E-state index is 0.870. The largest absolute Gasteiger partial charge is 0.463 e. The van der Waals surface area contributed by atoms with Crippen molar-refractivity contribution in [3.05, 3.63) is 24.2 Å². The maximum Gasteiger partial charge on any atom is 0.397 e. The molecule has 0 aliphatic rings. The van der Waals surface area contributed by atoms with Crippen LogP contribution in [-0.4, -0.2) is 45.7 Å². The molecule has 1 aromatic heterocycles. The molecule has 0 atom stereocenters. The van der Waals surface area contributed by atoms with Crippen LogP contribution in [0.15, 0.2) is 22.8 Å². The van der Waals surface area contributed by atoms with E-state index in [1.165, 1.54) is 0 Å². The first-order chi connectivity index (χ1) is 7.14. The molecule has 1 heterocycles. The molecule has 7 heteroatoms. The van der Waals surface area contributed by atoms with E-state index in [9.17, 15) is 8.42 Å². The maximum atomic E-state index is 9.33. The van der Waals surface area contributed by atoms with E-state index in [1.54, 1.807) is 6.26 Å². The Morgan fingerprint density at radius 1 is 1.44 bits per heavy atom. The van der Waals surface area contributed by atoms with Crippen molar-refractivity contribution in [1.29, 1.82) is 0 Å². The second kappa shape index (κ2) is 6.00. The molecule has 0 aliphatic carbocycles. The summed E-state index contributed by atoms with van der Waals surface area (Å²) in [6.45, 7) is 0.951. The molecule has 16 heavy (non-hydrogen) atoms. The molecule has 0 unspecified atom stereocenters. The number of hydrogen-bond acceptors (Lipinski definition) is 4. The van der Waals surface area contributed by atoms with Crippen LogP contribution in [-0.2, 0) is 21.1 Å². The fraction of sp³-hybridized carbons (Fsp3) is 0.556. The monoisotopic (exact) mass is 252 g/mol. The smallest absolute Gasteiger partial charge is 0.397 e. The summed E-state index contributed by atoms with van der Waals surface area (Å²) in [5, 5.41) is 0. The van der Waals surface area contributed by atoms with Crippen molar-refractivity contribution >= 4 is 10.4 Å². The molecule has 94 valence electrons. The molecule has 0 saturated heterocycles. The van der Waals surface area contributed by atoms with E-state index in [1.807, 2.05) is 12.1 Å². The summed E-state index contributed by atoms with van der Waals surface area (Å²) >= 11 is 0. The zero-order valence-electron chi connectivity index (χ0n) is 9.87. The Hall–Kier alpha value is -0.890. The summed E-state index contributed by atoms with van der Waals surface area (Å²) < 4.78 is 35.8. The molecule has 1 rings (SSSR count). The van der Waals surface area contributed by atoms with Gasteiger partial charge in [-0.05, 0) is 12.1 Å². The zero-order valence-corrected chi connectivity index (χ0v) is 10.7. The normalized spacial score (nSPS) is 11.8. The van der Waals surface area contributed by atoms with Crippen LogP contribution in [0.5, 0.6) is 0 Å². The topological polar surface area (TPSA) is 76.7 Å². The number of nitrogens with zero attached hydrogens (tertiary/aromatic N) is 1.